The Hall–Kier alpha value is -1.54. The number of carbonyl (C=O) groups excluding carboxylic acids is 4. The normalized spacial score (nSPS) is 31.9. The van der Waals surface area contributed by atoms with Crippen LogP contribution in [0.3, 0.4) is 0 Å². The van der Waals surface area contributed by atoms with Crippen LogP contribution in [0.5, 0.6) is 0 Å². The van der Waals surface area contributed by atoms with E-state index in [0.717, 1.165) is 17.5 Å². The van der Waals surface area contributed by atoms with Crippen molar-refractivity contribution in [3.8, 4) is 0 Å². The van der Waals surface area contributed by atoms with Gasteiger partial charge in [0, 0.05) is 21.8 Å². The Balaban J connectivity index is 1.31. The molecule has 3 fully saturated rings. The van der Waals surface area contributed by atoms with Gasteiger partial charge in [0.2, 0.25) is 17.6 Å². The van der Waals surface area contributed by atoms with Crippen molar-refractivity contribution in [3.63, 3.8) is 0 Å². The van der Waals surface area contributed by atoms with Gasteiger partial charge < -0.3 is 4.74 Å². The molecule has 0 spiro atoms. The number of ether oxygens (including phenoxy) is 1. The lowest BCUT2D eigenvalue weighted by Crippen LogP contribution is -2.37. The molecule has 0 radical (unpaired) electrons. The second-order valence-corrected chi connectivity index (χ2v) is 10.6. The van der Waals surface area contributed by atoms with Crippen LogP contribution in [0, 0.1) is 37.5 Å². The molecule has 3 aliphatic rings. The average molecular weight is 541 g/mol. The number of Topliss-reactive ketones (excluding diaryl/α,β-unsaturated/α-hetero) is 1. The molecule has 0 N–H and O–H groups in total. The minimum Gasteiger partial charge on any atom is -0.457 e. The number of esters is 1. The van der Waals surface area contributed by atoms with Crippen LogP contribution >= 0.6 is 31.9 Å². The van der Waals surface area contributed by atoms with Crippen molar-refractivity contribution in [2.24, 2.45) is 23.7 Å². The third-order valence-corrected chi connectivity index (χ3v) is 9.88. The number of alkyl halides is 2. The quantitative estimate of drug-likeness (QED) is 0.239. The maximum absolute atomic E-state index is 12.8. The number of fused-ring (bicyclic) bond motifs is 5. The van der Waals surface area contributed by atoms with Crippen LogP contribution in [0.4, 0.5) is 0 Å². The smallest absolute Gasteiger partial charge is 0.308 e. The fourth-order valence-electron chi connectivity index (χ4n) is 5.17. The van der Waals surface area contributed by atoms with E-state index in [4.69, 9.17) is 4.74 Å². The van der Waals surface area contributed by atoms with E-state index in [1.807, 2.05) is 26.0 Å². The molecule has 2 aliphatic carbocycles. The van der Waals surface area contributed by atoms with Crippen molar-refractivity contribution >= 4 is 55.4 Å². The molecule has 2 amide bonds. The summed E-state index contributed by atoms with van der Waals surface area (Å²) >= 11 is 7.31. The monoisotopic (exact) mass is 539 g/mol. The van der Waals surface area contributed by atoms with Gasteiger partial charge in [0.15, 0.2) is 6.61 Å². The molecule has 1 aromatic carbocycles. The molecule has 2 bridgehead atoms. The van der Waals surface area contributed by atoms with E-state index in [2.05, 4.69) is 31.9 Å². The fourth-order valence-corrected chi connectivity index (χ4v) is 7.04. The summed E-state index contributed by atoms with van der Waals surface area (Å²) in [5.74, 6) is -1.51. The Morgan fingerprint density at radius 1 is 1.07 bits per heavy atom. The van der Waals surface area contributed by atoms with Gasteiger partial charge in [-0.15, -0.1) is 0 Å². The number of imide groups is 1. The van der Waals surface area contributed by atoms with Crippen LogP contribution in [-0.2, 0) is 19.1 Å². The van der Waals surface area contributed by atoms with Gasteiger partial charge in [-0.05, 0) is 43.7 Å². The van der Waals surface area contributed by atoms with E-state index in [1.54, 1.807) is 6.07 Å². The number of hydrogen-bond donors (Lipinski definition) is 0. The summed E-state index contributed by atoms with van der Waals surface area (Å²) in [6.07, 6.45) is 0.761. The number of nitrogens with zero attached hydrogens (tertiary/aromatic N) is 1. The minimum absolute atomic E-state index is 0.000504. The SMILES string of the molecule is Cc1ccc(C)c(C(=O)COC(=O)CCN2C(=O)[C@@H]3[C@H]4C[C@@H]([C@H](Br)[C@H]4Br)[C@@H]3C2=O)c1. The van der Waals surface area contributed by atoms with E-state index in [9.17, 15) is 19.2 Å². The van der Waals surface area contributed by atoms with Crippen molar-refractivity contribution in [2.75, 3.05) is 13.2 Å². The van der Waals surface area contributed by atoms with E-state index < -0.39 is 5.97 Å². The zero-order chi connectivity index (χ0) is 21.7. The first-order valence-electron chi connectivity index (χ1n) is 10.1. The highest BCUT2D eigenvalue weighted by atomic mass is 79.9. The van der Waals surface area contributed by atoms with E-state index >= 15 is 0 Å². The van der Waals surface area contributed by atoms with Crippen molar-refractivity contribution < 1.29 is 23.9 Å². The predicted molar refractivity (Wildman–Crippen MR) is 117 cm³/mol. The van der Waals surface area contributed by atoms with E-state index in [1.165, 1.54) is 4.90 Å². The molecule has 1 aliphatic heterocycles. The lowest BCUT2D eigenvalue weighted by atomic mass is 9.81. The van der Waals surface area contributed by atoms with Crippen molar-refractivity contribution in [3.05, 3.63) is 34.9 Å². The molecule has 1 aromatic rings. The highest BCUT2D eigenvalue weighted by Gasteiger charge is 2.66. The van der Waals surface area contributed by atoms with Gasteiger partial charge >= 0.3 is 5.97 Å². The fraction of sp³-hybridized carbons (Fsp3) is 0.545. The van der Waals surface area contributed by atoms with Gasteiger partial charge in [0.25, 0.3) is 0 Å². The highest BCUT2D eigenvalue weighted by molar-refractivity contribution is 9.12. The summed E-state index contributed by atoms with van der Waals surface area (Å²) in [5, 5.41) is 0. The lowest BCUT2D eigenvalue weighted by Gasteiger charge is -2.28. The summed E-state index contributed by atoms with van der Waals surface area (Å²) in [4.78, 5) is 51.8. The molecule has 4 rings (SSSR count). The third-order valence-electron chi connectivity index (χ3n) is 6.68. The van der Waals surface area contributed by atoms with Crippen LogP contribution in [0.2, 0.25) is 0 Å². The first kappa shape index (κ1) is 21.7. The Bertz CT molecular complexity index is 900. The minimum atomic E-state index is -0.592. The zero-order valence-corrected chi connectivity index (χ0v) is 19.9. The van der Waals surface area contributed by atoms with Crippen molar-refractivity contribution in [2.45, 2.75) is 36.3 Å². The number of benzene rings is 1. The van der Waals surface area contributed by atoms with E-state index in [-0.39, 0.29) is 70.5 Å². The molecular weight excluding hydrogens is 518 g/mol. The first-order chi connectivity index (χ1) is 14.2. The summed E-state index contributed by atoms with van der Waals surface area (Å²) in [6.45, 7) is 3.37. The Morgan fingerprint density at radius 2 is 1.67 bits per heavy atom. The number of hydrogen-bond acceptors (Lipinski definition) is 5. The van der Waals surface area contributed by atoms with Gasteiger partial charge in [-0.2, -0.15) is 0 Å². The zero-order valence-electron chi connectivity index (χ0n) is 16.8. The van der Waals surface area contributed by atoms with Crippen LogP contribution in [0.1, 0.15) is 34.3 Å². The molecule has 1 saturated heterocycles. The largest absolute Gasteiger partial charge is 0.457 e. The second-order valence-electron chi connectivity index (χ2n) is 8.48. The molecule has 1 heterocycles. The number of amides is 2. The van der Waals surface area contributed by atoms with Gasteiger partial charge in [0.05, 0.1) is 18.3 Å². The Labute approximate surface area is 192 Å². The first-order valence-corrected chi connectivity index (χ1v) is 11.9. The standard InChI is InChI=1S/C22H23Br2NO5/c1-10-3-4-11(2)12(7-10)15(26)9-30-16(27)5-6-25-21(28)17-13-8-14(18(17)22(25)29)20(24)19(13)23/h3-4,7,13-14,17-20H,5-6,8-9H2,1-2H3/t13-,14-,17-,18+,19+,20+/m1/s1. The maximum atomic E-state index is 12.8. The molecule has 0 unspecified atom stereocenters. The van der Waals surface area contributed by atoms with E-state index in [0.29, 0.717) is 5.56 Å². The molecular formula is C22H23Br2NO5. The van der Waals surface area contributed by atoms with Crippen LogP contribution in [-0.4, -0.2) is 51.3 Å². The van der Waals surface area contributed by atoms with Gasteiger partial charge in [-0.3, -0.25) is 24.1 Å². The third kappa shape index (κ3) is 3.55. The number of rotatable bonds is 6. The lowest BCUT2D eigenvalue weighted by molar-refractivity contribution is -0.145. The molecule has 30 heavy (non-hydrogen) atoms. The molecule has 2 saturated carbocycles. The van der Waals surface area contributed by atoms with Gasteiger partial charge in [0.1, 0.15) is 0 Å². The van der Waals surface area contributed by atoms with Gasteiger partial charge in [-0.25, -0.2) is 0 Å². The predicted octanol–water partition coefficient (Wildman–Crippen LogP) is 3.20. The average Bonchev–Trinajstić information content (AvgIpc) is 3.31. The summed E-state index contributed by atoms with van der Waals surface area (Å²) < 4.78 is 5.11. The van der Waals surface area contributed by atoms with Crippen molar-refractivity contribution in [1.82, 2.24) is 4.90 Å². The highest BCUT2D eigenvalue weighted by Crippen LogP contribution is 2.60. The van der Waals surface area contributed by atoms with Crippen LogP contribution < -0.4 is 0 Å². The van der Waals surface area contributed by atoms with Gasteiger partial charge in [-0.1, -0.05) is 49.6 Å². The number of likely N-dealkylation sites (tertiary alicyclic amines) is 1. The second kappa shape index (κ2) is 8.19. The number of halogens is 2. The summed E-state index contributed by atoms with van der Waals surface area (Å²) in [6, 6.07) is 5.54. The van der Waals surface area contributed by atoms with Crippen LogP contribution in [0.25, 0.3) is 0 Å². The summed E-state index contributed by atoms with van der Waals surface area (Å²) in [5.41, 5.74) is 2.31. The molecule has 6 atom stereocenters. The molecule has 6 nitrogen and oxygen atoms in total. The molecule has 160 valence electrons. The maximum Gasteiger partial charge on any atom is 0.308 e. The number of aryl methyl sites for hydroxylation is 2. The molecule has 8 heteroatoms. The Morgan fingerprint density at radius 3 is 2.27 bits per heavy atom. The summed E-state index contributed by atoms with van der Waals surface area (Å²) in [7, 11) is 0. The Kier molecular flexibility index (Phi) is 5.92. The van der Waals surface area contributed by atoms with Crippen molar-refractivity contribution in [1.29, 1.82) is 0 Å². The topological polar surface area (TPSA) is 80.8 Å². The number of carbonyl (C=O) groups is 4. The molecule has 0 aromatic heterocycles. The van der Waals surface area contributed by atoms with Crippen LogP contribution in [0.15, 0.2) is 18.2 Å². The number of ketones is 1.